The molecule has 4 nitrogen and oxygen atoms in total. The number of primary amides is 1. The predicted octanol–water partition coefficient (Wildman–Crippen LogP) is 0.668. The van der Waals surface area contributed by atoms with Crippen LogP contribution in [0.3, 0.4) is 0 Å². The number of halogens is 1. The fourth-order valence-corrected chi connectivity index (χ4v) is 1.25. The predicted molar refractivity (Wildman–Crippen MR) is 58.6 cm³/mol. The van der Waals surface area contributed by atoms with Gasteiger partial charge in [0.15, 0.2) is 0 Å². The molecule has 0 saturated heterocycles. The molecule has 3 N–H and O–H groups in total. The minimum Gasteiger partial charge on any atom is -0.494 e. The number of carbonyl (C=O) groups excluding carboxylic acids is 1. The van der Waals surface area contributed by atoms with Gasteiger partial charge in [0.05, 0.1) is 12.6 Å². The highest BCUT2D eigenvalue weighted by molar-refractivity contribution is 5.79. The Bertz CT molecular complexity index is 340. The Balaban J connectivity index is 2.35. The summed E-state index contributed by atoms with van der Waals surface area (Å²) in [5.41, 5.74) is 5.14. The molecule has 5 heteroatoms. The molecule has 0 aliphatic rings. The van der Waals surface area contributed by atoms with Crippen molar-refractivity contribution in [3.05, 3.63) is 30.1 Å². The van der Waals surface area contributed by atoms with E-state index in [-0.39, 0.29) is 5.82 Å². The number of nitrogens with one attached hydrogen (secondary N) is 1. The molecule has 0 aromatic heterocycles. The first kappa shape index (κ1) is 12.4. The fourth-order valence-electron chi connectivity index (χ4n) is 1.25. The molecular weight excluding hydrogens is 211 g/mol. The SMILES string of the molecule is CNC(CCOc1ccc(F)cc1)C(N)=O. The smallest absolute Gasteiger partial charge is 0.234 e. The van der Waals surface area contributed by atoms with Crippen LogP contribution in [0.4, 0.5) is 4.39 Å². The van der Waals surface area contributed by atoms with E-state index < -0.39 is 11.9 Å². The van der Waals surface area contributed by atoms with Crippen molar-refractivity contribution in [3.63, 3.8) is 0 Å². The highest BCUT2D eigenvalue weighted by Crippen LogP contribution is 2.11. The number of carbonyl (C=O) groups is 1. The zero-order valence-corrected chi connectivity index (χ0v) is 9.07. The van der Waals surface area contributed by atoms with Crippen LogP contribution in [-0.2, 0) is 4.79 Å². The molecule has 0 fully saturated rings. The van der Waals surface area contributed by atoms with Crippen LogP contribution in [0.25, 0.3) is 0 Å². The lowest BCUT2D eigenvalue weighted by atomic mass is 10.2. The number of ether oxygens (including phenoxy) is 1. The molecule has 1 aromatic carbocycles. The first-order chi connectivity index (χ1) is 7.63. The molecule has 1 amide bonds. The third-order valence-electron chi connectivity index (χ3n) is 2.18. The summed E-state index contributed by atoms with van der Waals surface area (Å²) in [5, 5.41) is 2.78. The van der Waals surface area contributed by atoms with Gasteiger partial charge in [-0.1, -0.05) is 0 Å². The second-order valence-corrected chi connectivity index (χ2v) is 3.33. The standard InChI is InChI=1S/C11H15FN2O2/c1-14-10(11(13)15)6-7-16-9-4-2-8(12)3-5-9/h2-5,10,14H,6-7H2,1H3,(H2,13,15). The van der Waals surface area contributed by atoms with Crippen LogP contribution in [-0.4, -0.2) is 25.6 Å². The molecule has 1 unspecified atom stereocenters. The molecular formula is C11H15FN2O2. The maximum absolute atomic E-state index is 12.6. The molecule has 0 aliphatic heterocycles. The molecule has 0 bridgehead atoms. The lowest BCUT2D eigenvalue weighted by Gasteiger charge is -2.12. The van der Waals surface area contributed by atoms with Crippen LogP contribution < -0.4 is 15.8 Å². The minimum atomic E-state index is -0.412. The van der Waals surface area contributed by atoms with Gasteiger partial charge in [-0.15, -0.1) is 0 Å². The van der Waals surface area contributed by atoms with Crippen LogP contribution in [0.2, 0.25) is 0 Å². The largest absolute Gasteiger partial charge is 0.494 e. The van der Waals surface area contributed by atoms with Crippen molar-refractivity contribution >= 4 is 5.91 Å². The van der Waals surface area contributed by atoms with E-state index in [9.17, 15) is 9.18 Å². The summed E-state index contributed by atoms with van der Waals surface area (Å²) < 4.78 is 17.9. The summed E-state index contributed by atoms with van der Waals surface area (Å²) >= 11 is 0. The first-order valence-corrected chi connectivity index (χ1v) is 4.98. The van der Waals surface area contributed by atoms with Gasteiger partial charge in [0, 0.05) is 6.42 Å². The van der Waals surface area contributed by atoms with Gasteiger partial charge in [0.1, 0.15) is 11.6 Å². The van der Waals surface area contributed by atoms with Crippen molar-refractivity contribution in [2.75, 3.05) is 13.7 Å². The topological polar surface area (TPSA) is 64.3 Å². The molecule has 0 saturated carbocycles. The Labute approximate surface area is 93.6 Å². The third-order valence-corrected chi connectivity index (χ3v) is 2.18. The average molecular weight is 226 g/mol. The molecule has 1 aromatic rings. The second-order valence-electron chi connectivity index (χ2n) is 3.33. The summed E-state index contributed by atoms with van der Waals surface area (Å²) in [6.07, 6.45) is 0.475. The van der Waals surface area contributed by atoms with Crippen molar-refractivity contribution in [2.24, 2.45) is 5.73 Å². The van der Waals surface area contributed by atoms with Crippen LogP contribution in [0.1, 0.15) is 6.42 Å². The number of hydrogen-bond acceptors (Lipinski definition) is 3. The van der Waals surface area contributed by atoms with E-state index in [0.717, 1.165) is 0 Å². The molecule has 16 heavy (non-hydrogen) atoms. The van der Waals surface area contributed by atoms with Gasteiger partial charge in [-0.25, -0.2) is 4.39 Å². The quantitative estimate of drug-likeness (QED) is 0.749. The van der Waals surface area contributed by atoms with Gasteiger partial charge >= 0.3 is 0 Å². The Kier molecular flexibility index (Phi) is 4.72. The third kappa shape index (κ3) is 3.86. The molecule has 0 heterocycles. The Hall–Kier alpha value is -1.62. The second kappa shape index (κ2) is 6.07. The van der Waals surface area contributed by atoms with Crippen molar-refractivity contribution in [1.82, 2.24) is 5.32 Å². The molecule has 1 atom stereocenters. The van der Waals surface area contributed by atoms with E-state index in [1.165, 1.54) is 24.3 Å². The molecule has 0 aliphatic carbocycles. The van der Waals surface area contributed by atoms with E-state index in [1.807, 2.05) is 0 Å². The minimum absolute atomic E-state index is 0.308. The number of benzene rings is 1. The lowest BCUT2D eigenvalue weighted by Crippen LogP contribution is -2.40. The number of rotatable bonds is 6. The zero-order chi connectivity index (χ0) is 12.0. The normalized spacial score (nSPS) is 12.1. The van der Waals surface area contributed by atoms with Gasteiger partial charge in [-0.2, -0.15) is 0 Å². The Morgan fingerprint density at radius 2 is 2.12 bits per heavy atom. The van der Waals surface area contributed by atoms with E-state index in [4.69, 9.17) is 10.5 Å². The summed E-state index contributed by atoms with van der Waals surface area (Å²) in [4.78, 5) is 10.9. The van der Waals surface area contributed by atoms with Crippen LogP contribution >= 0.6 is 0 Å². The number of hydrogen-bond donors (Lipinski definition) is 2. The number of likely N-dealkylation sites (N-methyl/N-ethyl adjacent to an activating group) is 1. The molecule has 1 rings (SSSR count). The summed E-state index contributed by atoms with van der Waals surface area (Å²) in [5.74, 6) is -0.150. The van der Waals surface area contributed by atoms with Gasteiger partial charge in [-0.3, -0.25) is 4.79 Å². The van der Waals surface area contributed by atoms with Crippen molar-refractivity contribution in [1.29, 1.82) is 0 Å². The summed E-state index contributed by atoms with van der Waals surface area (Å²) in [7, 11) is 1.66. The zero-order valence-electron chi connectivity index (χ0n) is 9.07. The Morgan fingerprint density at radius 3 is 2.62 bits per heavy atom. The average Bonchev–Trinajstić information content (AvgIpc) is 2.26. The summed E-state index contributed by atoms with van der Waals surface area (Å²) in [6.45, 7) is 0.347. The van der Waals surface area contributed by atoms with Gasteiger partial charge < -0.3 is 15.8 Å². The number of nitrogens with two attached hydrogens (primary N) is 1. The van der Waals surface area contributed by atoms with Gasteiger partial charge in [0.25, 0.3) is 0 Å². The van der Waals surface area contributed by atoms with E-state index in [2.05, 4.69) is 5.32 Å². The van der Waals surface area contributed by atoms with Gasteiger partial charge in [-0.05, 0) is 31.3 Å². The molecule has 0 spiro atoms. The monoisotopic (exact) mass is 226 g/mol. The maximum Gasteiger partial charge on any atom is 0.234 e. The summed E-state index contributed by atoms with van der Waals surface area (Å²) in [6, 6.07) is 5.31. The van der Waals surface area contributed by atoms with Crippen LogP contribution in [0, 0.1) is 5.82 Å². The van der Waals surface area contributed by atoms with Crippen molar-refractivity contribution < 1.29 is 13.9 Å². The highest BCUT2D eigenvalue weighted by atomic mass is 19.1. The number of amides is 1. The van der Waals surface area contributed by atoms with Crippen molar-refractivity contribution in [2.45, 2.75) is 12.5 Å². The molecule has 88 valence electrons. The van der Waals surface area contributed by atoms with E-state index >= 15 is 0 Å². The highest BCUT2D eigenvalue weighted by Gasteiger charge is 2.11. The van der Waals surface area contributed by atoms with Crippen molar-refractivity contribution in [3.8, 4) is 5.75 Å². The van der Waals surface area contributed by atoms with Crippen LogP contribution in [0.5, 0.6) is 5.75 Å². The Morgan fingerprint density at radius 1 is 1.50 bits per heavy atom. The van der Waals surface area contributed by atoms with Crippen LogP contribution in [0.15, 0.2) is 24.3 Å². The fraction of sp³-hybridized carbons (Fsp3) is 0.364. The van der Waals surface area contributed by atoms with E-state index in [0.29, 0.717) is 18.8 Å². The lowest BCUT2D eigenvalue weighted by molar-refractivity contribution is -0.120. The first-order valence-electron chi connectivity index (χ1n) is 4.98. The maximum atomic E-state index is 12.6. The van der Waals surface area contributed by atoms with Gasteiger partial charge in [0.2, 0.25) is 5.91 Å². The van der Waals surface area contributed by atoms with E-state index in [1.54, 1.807) is 7.05 Å². The molecule has 0 radical (unpaired) electrons.